The first-order valence-electron chi connectivity index (χ1n) is 5.90. The van der Waals surface area contributed by atoms with Crippen LogP contribution in [0.15, 0.2) is 12.1 Å². The van der Waals surface area contributed by atoms with E-state index in [0.29, 0.717) is 18.8 Å². The molecule has 1 rings (SSSR count). The zero-order valence-electron chi connectivity index (χ0n) is 11.0. The van der Waals surface area contributed by atoms with Gasteiger partial charge >= 0.3 is 5.97 Å². The number of ether oxygens (including phenoxy) is 1. The molecular formula is C13H20N2O3. The van der Waals surface area contributed by atoms with Crippen LogP contribution in [0.2, 0.25) is 0 Å². The van der Waals surface area contributed by atoms with Crippen LogP contribution in [0, 0.1) is 6.92 Å². The second-order valence-electron chi connectivity index (χ2n) is 4.41. The van der Waals surface area contributed by atoms with Gasteiger partial charge < -0.3 is 20.9 Å². The zero-order chi connectivity index (χ0) is 13.7. The highest BCUT2D eigenvalue weighted by Gasteiger charge is 2.11. The number of carboxylic acid groups (broad SMARTS) is 1. The maximum absolute atomic E-state index is 11.0. The standard InChI is InChI=1S/C13H20N2O3/c1-8(2)18-5-4-15-10-6-9(3)12(14)11(7-10)13(16)17/h6-8,15H,4-5,14H2,1-3H3,(H,16,17). The number of hydrogen-bond donors (Lipinski definition) is 3. The zero-order valence-corrected chi connectivity index (χ0v) is 11.0. The van der Waals surface area contributed by atoms with Crippen LogP contribution in [-0.4, -0.2) is 30.3 Å². The monoisotopic (exact) mass is 252 g/mol. The van der Waals surface area contributed by atoms with Crippen LogP contribution < -0.4 is 11.1 Å². The van der Waals surface area contributed by atoms with Crippen LogP contribution in [-0.2, 0) is 4.74 Å². The Morgan fingerprint density at radius 3 is 2.72 bits per heavy atom. The van der Waals surface area contributed by atoms with E-state index >= 15 is 0 Å². The third-order valence-corrected chi connectivity index (χ3v) is 2.50. The number of aromatic carboxylic acids is 1. The molecule has 5 nitrogen and oxygen atoms in total. The van der Waals surface area contributed by atoms with E-state index in [2.05, 4.69) is 5.32 Å². The Morgan fingerprint density at radius 1 is 1.50 bits per heavy atom. The minimum absolute atomic E-state index is 0.127. The van der Waals surface area contributed by atoms with Crippen LogP contribution in [0.1, 0.15) is 29.8 Å². The Labute approximate surface area is 107 Å². The lowest BCUT2D eigenvalue weighted by molar-refractivity contribution is 0.0698. The Bertz CT molecular complexity index is 430. The van der Waals surface area contributed by atoms with Crippen molar-refractivity contribution in [2.75, 3.05) is 24.2 Å². The second kappa shape index (κ2) is 6.26. The molecule has 0 fully saturated rings. The molecule has 0 saturated heterocycles. The van der Waals surface area contributed by atoms with Gasteiger partial charge in [0.05, 0.1) is 18.3 Å². The second-order valence-corrected chi connectivity index (χ2v) is 4.41. The largest absolute Gasteiger partial charge is 0.478 e. The summed E-state index contributed by atoms with van der Waals surface area (Å²) >= 11 is 0. The van der Waals surface area contributed by atoms with E-state index in [1.165, 1.54) is 0 Å². The average Bonchev–Trinajstić information content (AvgIpc) is 2.28. The van der Waals surface area contributed by atoms with Crippen LogP contribution in [0.25, 0.3) is 0 Å². The number of nitrogens with two attached hydrogens (primary N) is 1. The van der Waals surface area contributed by atoms with Crippen molar-refractivity contribution in [3.63, 3.8) is 0 Å². The van der Waals surface area contributed by atoms with Crippen molar-refractivity contribution in [2.24, 2.45) is 0 Å². The molecule has 1 aromatic rings. The van der Waals surface area contributed by atoms with Gasteiger partial charge in [-0.25, -0.2) is 4.79 Å². The lowest BCUT2D eigenvalue weighted by Crippen LogP contribution is -2.14. The number of hydrogen-bond acceptors (Lipinski definition) is 4. The maximum Gasteiger partial charge on any atom is 0.337 e. The summed E-state index contributed by atoms with van der Waals surface area (Å²) in [6.45, 7) is 6.92. The summed E-state index contributed by atoms with van der Waals surface area (Å²) in [4.78, 5) is 11.0. The van der Waals surface area contributed by atoms with Crippen LogP contribution >= 0.6 is 0 Å². The van der Waals surface area contributed by atoms with Gasteiger partial charge in [-0.3, -0.25) is 0 Å². The number of carboxylic acids is 1. The minimum Gasteiger partial charge on any atom is -0.478 e. The summed E-state index contributed by atoms with van der Waals surface area (Å²) in [5, 5.41) is 12.1. The van der Waals surface area contributed by atoms with E-state index in [4.69, 9.17) is 15.6 Å². The van der Waals surface area contributed by atoms with E-state index in [0.717, 1.165) is 11.3 Å². The molecule has 0 aliphatic rings. The quantitative estimate of drug-likeness (QED) is 0.533. The topological polar surface area (TPSA) is 84.6 Å². The predicted octanol–water partition coefficient (Wildman–Crippen LogP) is 2.11. The smallest absolute Gasteiger partial charge is 0.337 e. The van der Waals surface area contributed by atoms with E-state index in [1.807, 2.05) is 19.9 Å². The van der Waals surface area contributed by atoms with Crippen LogP contribution in [0.5, 0.6) is 0 Å². The Morgan fingerprint density at radius 2 is 2.17 bits per heavy atom. The molecule has 0 heterocycles. The molecule has 0 spiro atoms. The Hall–Kier alpha value is -1.75. The fourth-order valence-corrected chi connectivity index (χ4v) is 1.57. The normalized spacial score (nSPS) is 10.7. The first-order valence-corrected chi connectivity index (χ1v) is 5.90. The lowest BCUT2D eigenvalue weighted by atomic mass is 10.1. The number of anilines is 2. The molecule has 0 amide bonds. The maximum atomic E-state index is 11.0. The molecule has 0 aliphatic carbocycles. The summed E-state index contributed by atoms with van der Waals surface area (Å²) in [7, 11) is 0. The first-order chi connectivity index (χ1) is 8.41. The van der Waals surface area contributed by atoms with Crippen LogP contribution in [0.3, 0.4) is 0 Å². The summed E-state index contributed by atoms with van der Waals surface area (Å²) in [5.74, 6) is -1.02. The Balaban J connectivity index is 2.69. The van der Waals surface area contributed by atoms with Crippen molar-refractivity contribution >= 4 is 17.3 Å². The number of carbonyl (C=O) groups is 1. The van der Waals surface area contributed by atoms with Gasteiger partial charge in [0, 0.05) is 17.9 Å². The third kappa shape index (κ3) is 3.92. The highest BCUT2D eigenvalue weighted by atomic mass is 16.5. The summed E-state index contributed by atoms with van der Waals surface area (Å²) < 4.78 is 5.39. The molecule has 5 heteroatoms. The van der Waals surface area contributed by atoms with E-state index in [9.17, 15) is 4.79 Å². The van der Waals surface area contributed by atoms with Gasteiger partial charge in [0.25, 0.3) is 0 Å². The first kappa shape index (κ1) is 14.3. The number of aryl methyl sites for hydroxylation is 1. The molecule has 0 bridgehead atoms. The van der Waals surface area contributed by atoms with Crippen molar-refractivity contribution in [2.45, 2.75) is 26.9 Å². The number of nitrogen functional groups attached to an aromatic ring is 1. The van der Waals surface area contributed by atoms with Crippen molar-refractivity contribution in [1.29, 1.82) is 0 Å². The predicted molar refractivity (Wildman–Crippen MR) is 72.1 cm³/mol. The molecule has 4 N–H and O–H groups in total. The van der Waals surface area contributed by atoms with Crippen molar-refractivity contribution < 1.29 is 14.6 Å². The van der Waals surface area contributed by atoms with Gasteiger partial charge in [0.2, 0.25) is 0 Å². The molecule has 1 aromatic carbocycles. The SMILES string of the molecule is Cc1cc(NCCOC(C)C)cc(C(=O)O)c1N. The van der Waals surface area contributed by atoms with Gasteiger partial charge in [-0.05, 0) is 38.5 Å². The number of benzene rings is 1. The number of nitrogens with one attached hydrogen (secondary N) is 1. The molecule has 0 atom stereocenters. The lowest BCUT2D eigenvalue weighted by Gasteiger charge is -2.12. The third-order valence-electron chi connectivity index (χ3n) is 2.50. The van der Waals surface area contributed by atoms with Crippen LogP contribution in [0.4, 0.5) is 11.4 Å². The van der Waals surface area contributed by atoms with Gasteiger partial charge in [-0.15, -0.1) is 0 Å². The average molecular weight is 252 g/mol. The summed E-state index contributed by atoms with van der Waals surface area (Å²) in [6, 6.07) is 3.37. The molecular weight excluding hydrogens is 232 g/mol. The summed E-state index contributed by atoms with van der Waals surface area (Å²) in [5.41, 5.74) is 7.65. The highest BCUT2D eigenvalue weighted by molar-refractivity contribution is 5.95. The molecule has 0 aromatic heterocycles. The highest BCUT2D eigenvalue weighted by Crippen LogP contribution is 2.22. The van der Waals surface area contributed by atoms with Crippen molar-refractivity contribution in [3.8, 4) is 0 Å². The van der Waals surface area contributed by atoms with Gasteiger partial charge in [-0.1, -0.05) is 0 Å². The van der Waals surface area contributed by atoms with Gasteiger partial charge in [0.1, 0.15) is 0 Å². The van der Waals surface area contributed by atoms with Gasteiger partial charge in [-0.2, -0.15) is 0 Å². The molecule has 0 unspecified atom stereocenters. The molecule has 0 saturated carbocycles. The minimum atomic E-state index is -1.02. The molecule has 0 radical (unpaired) electrons. The van der Waals surface area contributed by atoms with Gasteiger partial charge in [0.15, 0.2) is 0 Å². The fourth-order valence-electron chi connectivity index (χ4n) is 1.57. The molecule has 100 valence electrons. The molecule has 0 aliphatic heterocycles. The molecule has 18 heavy (non-hydrogen) atoms. The van der Waals surface area contributed by atoms with Crippen molar-refractivity contribution in [1.82, 2.24) is 0 Å². The fraction of sp³-hybridized carbons (Fsp3) is 0.462. The number of rotatable bonds is 6. The Kier molecular flexibility index (Phi) is 4.97. The van der Waals surface area contributed by atoms with E-state index < -0.39 is 5.97 Å². The van der Waals surface area contributed by atoms with E-state index in [1.54, 1.807) is 13.0 Å². The van der Waals surface area contributed by atoms with Crippen molar-refractivity contribution in [3.05, 3.63) is 23.3 Å². The van der Waals surface area contributed by atoms with E-state index in [-0.39, 0.29) is 11.7 Å². The summed E-state index contributed by atoms with van der Waals surface area (Å²) in [6.07, 6.45) is 0.189.